The molecule has 0 radical (unpaired) electrons. The van der Waals surface area contributed by atoms with Crippen LogP contribution >= 0.6 is 0 Å². The quantitative estimate of drug-likeness (QED) is 0.748. The number of nitrogens with one attached hydrogen (secondary N) is 2. The van der Waals surface area contributed by atoms with Gasteiger partial charge in [-0.25, -0.2) is 9.97 Å². The molecule has 6 nitrogen and oxygen atoms in total. The molecule has 0 aliphatic heterocycles. The summed E-state index contributed by atoms with van der Waals surface area (Å²) in [7, 11) is 0. The summed E-state index contributed by atoms with van der Waals surface area (Å²) < 4.78 is 0. The normalized spacial score (nSPS) is 9.82. The smallest absolute Gasteiger partial charge is 0.143 e. The van der Waals surface area contributed by atoms with E-state index in [9.17, 15) is 0 Å². The maximum Gasteiger partial charge on any atom is 0.143 e. The predicted octanol–water partition coefficient (Wildman–Crippen LogP) is 1.12. The number of rotatable bonds is 5. The average Bonchev–Trinajstić information content (AvgIpc) is 2.88. The topological polar surface area (TPSA) is 90.3 Å². The molecule has 0 saturated heterocycles. The molecule has 2 heterocycles. The summed E-state index contributed by atoms with van der Waals surface area (Å²) in [6.07, 6.45) is 4.88. The zero-order valence-corrected chi connectivity index (χ0v) is 9.22. The highest BCUT2D eigenvalue weighted by Crippen LogP contribution is 2.09. The van der Waals surface area contributed by atoms with E-state index in [-0.39, 0.29) is 0 Å². The van der Waals surface area contributed by atoms with E-state index in [1.54, 1.807) is 18.3 Å². The van der Waals surface area contributed by atoms with Gasteiger partial charge in [-0.05, 0) is 18.6 Å². The minimum Gasteiger partial charge on any atom is -0.369 e. The van der Waals surface area contributed by atoms with E-state index >= 15 is 0 Å². The van der Waals surface area contributed by atoms with Gasteiger partial charge in [-0.2, -0.15) is 10.4 Å². The molecule has 2 aromatic rings. The highest BCUT2D eigenvalue weighted by atomic mass is 15.2. The molecule has 17 heavy (non-hydrogen) atoms. The van der Waals surface area contributed by atoms with E-state index in [1.165, 1.54) is 6.33 Å². The van der Waals surface area contributed by atoms with Gasteiger partial charge in [0.05, 0.1) is 5.56 Å². The number of anilines is 1. The maximum atomic E-state index is 8.87. The van der Waals surface area contributed by atoms with Crippen LogP contribution in [0.15, 0.2) is 24.7 Å². The Balaban J connectivity index is 1.80. The molecule has 0 aliphatic carbocycles. The number of pyridine rings is 1. The molecule has 2 N–H and O–H groups in total. The van der Waals surface area contributed by atoms with Crippen molar-refractivity contribution in [2.45, 2.75) is 12.8 Å². The highest BCUT2D eigenvalue weighted by molar-refractivity contribution is 5.50. The second-order valence-electron chi connectivity index (χ2n) is 3.47. The molecule has 0 aliphatic rings. The van der Waals surface area contributed by atoms with Crippen LogP contribution in [0, 0.1) is 11.3 Å². The van der Waals surface area contributed by atoms with Gasteiger partial charge in [-0.1, -0.05) is 0 Å². The van der Waals surface area contributed by atoms with Crippen molar-refractivity contribution < 1.29 is 0 Å². The van der Waals surface area contributed by atoms with E-state index in [2.05, 4.69) is 31.6 Å². The third-order valence-electron chi connectivity index (χ3n) is 2.28. The van der Waals surface area contributed by atoms with E-state index < -0.39 is 0 Å². The Hall–Kier alpha value is -2.42. The van der Waals surface area contributed by atoms with Crippen LogP contribution in [0.2, 0.25) is 0 Å². The minimum atomic E-state index is 0.562. The first-order valence-electron chi connectivity index (χ1n) is 5.33. The molecule has 86 valence electrons. The molecule has 2 aromatic heterocycles. The number of hydrogen-bond donors (Lipinski definition) is 2. The Bertz CT molecular complexity index is 499. The summed E-state index contributed by atoms with van der Waals surface area (Å²) >= 11 is 0. The van der Waals surface area contributed by atoms with Gasteiger partial charge < -0.3 is 5.32 Å². The number of hydrogen-bond acceptors (Lipinski definition) is 5. The third-order valence-corrected chi connectivity index (χ3v) is 2.28. The van der Waals surface area contributed by atoms with Gasteiger partial charge >= 0.3 is 0 Å². The van der Waals surface area contributed by atoms with Crippen LogP contribution in [0.25, 0.3) is 0 Å². The van der Waals surface area contributed by atoms with E-state index in [0.29, 0.717) is 11.4 Å². The Morgan fingerprint density at radius 2 is 2.35 bits per heavy atom. The predicted molar refractivity (Wildman–Crippen MR) is 62.1 cm³/mol. The summed E-state index contributed by atoms with van der Waals surface area (Å²) in [5, 5.41) is 18.6. The lowest BCUT2D eigenvalue weighted by Crippen LogP contribution is -2.06. The second-order valence-corrected chi connectivity index (χ2v) is 3.47. The van der Waals surface area contributed by atoms with E-state index in [4.69, 9.17) is 5.26 Å². The van der Waals surface area contributed by atoms with Crippen LogP contribution < -0.4 is 5.32 Å². The van der Waals surface area contributed by atoms with Crippen molar-refractivity contribution in [3.05, 3.63) is 36.0 Å². The van der Waals surface area contributed by atoms with Crippen LogP contribution in [0.4, 0.5) is 5.82 Å². The number of aryl methyl sites for hydroxylation is 1. The van der Waals surface area contributed by atoms with Gasteiger partial charge in [0.1, 0.15) is 24.0 Å². The maximum absolute atomic E-state index is 8.87. The van der Waals surface area contributed by atoms with Crippen LogP contribution in [0.3, 0.4) is 0 Å². The summed E-state index contributed by atoms with van der Waals surface area (Å²) in [5.41, 5.74) is 0.562. The fourth-order valence-corrected chi connectivity index (χ4v) is 1.45. The molecule has 2 rings (SSSR count). The molecule has 0 aromatic carbocycles. The molecule has 0 saturated carbocycles. The van der Waals surface area contributed by atoms with E-state index in [1.807, 2.05) is 0 Å². The Morgan fingerprint density at radius 3 is 3.12 bits per heavy atom. The number of nitriles is 1. The minimum absolute atomic E-state index is 0.562. The molecule has 0 spiro atoms. The Labute approximate surface area is 98.7 Å². The molecule has 6 heteroatoms. The summed E-state index contributed by atoms with van der Waals surface area (Å²) in [5.74, 6) is 1.50. The summed E-state index contributed by atoms with van der Waals surface area (Å²) in [4.78, 5) is 8.15. The van der Waals surface area contributed by atoms with Gasteiger partial charge in [0, 0.05) is 19.2 Å². The van der Waals surface area contributed by atoms with Crippen molar-refractivity contribution in [3.8, 4) is 6.07 Å². The number of H-pyrrole nitrogens is 1. The number of aromatic nitrogens is 4. The first-order chi connectivity index (χ1) is 8.40. The van der Waals surface area contributed by atoms with Gasteiger partial charge in [-0.15, -0.1) is 0 Å². The zero-order valence-electron chi connectivity index (χ0n) is 9.22. The molecule has 0 fully saturated rings. The SMILES string of the molecule is N#Cc1cccnc1NCCCc1ncn[nH]1. The second kappa shape index (κ2) is 5.61. The largest absolute Gasteiger partial charge is 0.369 e. The number of aromatic amines is 1. The van der Waals surface area contributed by atoms with Gasteiger partial charge in [0.25, 0.3) is 0 Å². The van der Waals surface area contributed by atoms with Crippen molar-refractivity contribution >= 4 is 5.82 Å². The molecule has 0 atom stereocenters. The third kappa shape index (κ3) is 3.01. The van der Waals surface area contributed by atoms with Crippen LogP contribution in [-0.2, 0) is 6.42 Å². The highest BCUT2D eigenvalue weighted by Gasteiger charge is 2.01. The fraction of sp³-hybridized carbons (Fsp3) is 0.273. The van der Waals surface area contributed by atoms with Gasteiger partial charge in [0.15, 0.2) is 0 Å². The fourth-order valence-electron chi connectivity index (χ4n) is 1.45. The molecular weight excluding hydrogens is 216 g/mol. The lowest BCUT2D eigenvalue weighted by molar-refractivity contribution is 0.803. The van der Waals surface area contributed by atoms with Crippen molar-refractivity contribution in [1.29, 1.82) is 5.26 Å². The Kier molecular flexibility index (Phi) is 3.65. The van der Waals surface area contributed by atoms with Crippen molar-refractivity contribution in [2.75, 3.05) is 11.9 Å². The summed E-state index contributed by atoms with van der Waals surface area (Å²) in [6, 6.07) is 5.59. The Morgan fingerprint density at radius 1 is 1.41 bits per heavy atom. The lowest BCUT2D eigenvalue weighted by atomic mass is 10.2. The van der Waals surface area contributed by atoms with Gasteiger partial charge in [-0.3, -0.25) is 5.10 Å². The molecular formula is C11H12N6. The lowest BCUT2D eigenvalue weighted by Gasteiger charge is -2.05. The molecule has 0 unspecified atom stereocenters. The first-order valence-corrected chi connectivity index (χ1v) is 5.33. The summed E-state index contributed by atoms with van der Waals surface area (Å²) in [6.45, 7) is 0.742. The standard InChI is InChI=1S/C11H12N6/c12-7-9-3-1-5-13-11(9)14-6-2-4-10-15-8-16-17-10/h1,3,5,8H,2,4,6H2,(H,13,14)(H,15,16,17). The zero-order chi connectivity index (χ0) is 11.9. The van der Waals surface area contributed by atoms with Crippen LogP contribution in [0.5, 0.6) is 0 Å². The van der Waals surface area contributed by atoms with Crippen molar-refractivity contribution in [2.24, 2.45) is 0 Å². The first kappa shape index (κ1) is 11.1. The molecule has 0 bridgehead atoms. The monoisotopic (exact) mass is 228 g/mol. The average molecular weight is 228 g/mol. The van der Waals surface area contributed by atoms with Gasteiger partial charge in [0.2, 0.25) is 0 Å². The van der Waals surface area contributed by atoms with Crippen LogP contribution in [-0.4, -0.2) is 26.7 Å². The van der Waals surface area contributed by atoms with E-state index in [0.717, 1.165) is 25.2 Å². The van der Waals surface area contributed by atoms with Crippen molar-refractivity contribution in [1.82, 2.24) is 20.2 Å². The number of nitrogens with zero attached hydrogens (tertiary/aromatic N) is 4. The van der Waals surface area contributed by atoms with Crippen molar-refractivity contribution in [3.63, 3.8) is 0 Å². The molecule has 0 amide bonds. The van der Waals surface area contributed by atoms with Crippen LogP contribution in [0.1, 0.15) is 17.8 Å².